The van der Waals surface area contributed by atoms with E-state index in [1.54, 1.807) is 6.92 Å². The van der Waals surface area contributed by atoms with Gasteiger partial charge in [0, 0.05) is 19.6 Å². The van der Waals surface area contributed by atoms with Crippen molar-refractivity contribution < 1.29 is 24.2 Å². The second-order valence-corrected chi connectivity index (χ2v) is 6.43. The van der Waals surface area contributed by atoms with Gasteiger partial charge >= 0.3 is 12.1 Å². The molecule has 1 aliphatic rings. The Hall–Kier alpha value is -2.86. The number of fused-ring (bicyclic) bond motifs is 3. The van der Waals surface area contributed by atoms with Gasteiger partial charge in [-0.15, -0.1) is 0 Å². The van der Waals surface area contributed by atoms with Crippen LogP contribution in [0.2, 0.25) is 0 Å². The Kier molecular flexibility index (Phi) is 5.76. The fraction of sp³-hybridized carbons (Fsp3) is 0.333. The third kappa shape index (κ3) is 3.80. The molecule has 27 heavy (non-hydrogen) atoms. The number of hydrogen-bond acceptors (Lipinski definition) is 4. The lowest BCUT2D eigenvalue weighted by atomic mass is 9.98. The summed E-state index contributed by atoms with van der Waals surface area (Å²) in [6.07, 6.45) is -0.677. The minimum Gasteiger partial charge on any atom is -0.480 e. The van der Waals surface area contributed by atoms with E-state index >= 15 is 0 Å². The number of nitrogens with zero attached hydrogens (tertiary/aromatic N) is 1. The zero-order chi connectivity index (χ0) is 19.4. The lowest BCUT2D eigenvalue weighted by Crippen LogP contribution is -2.45. The third-order valence-electron chi connectivity index (χ3n) is 4.86. The predicted molar refractivity (Wildman–Crippen MR) is 101 cm³/mol. The fourth-order valence-electron chi connectivity index (χ4n) is 3.40. The van der Waals surface area contributed by atoms with E-state index in [1.807, 2.05) is 36.4 Å². The van der Waals surface area contributed by atoms with Gasteiger partial charge in [-0.05, 0) is 29.2 Å². The van der Waals surface area contributed by atoms with Crippen molar-refractivity contribution in [2.75, 3.05) is 26.9 Å². The van der Waals surface area contributed by atoms with E-state index in [0.29, 0.717) is 6.61 Å². The van der Waals surface area contributed by atoms with Gasteiger partial charge in [0.15, 0.2) is 6.04 Å². The van der Waals surface area contributed by atoms with Crippen LogP contribution >= 0.6 is 0 Å². The number of carboxylic acid groups (broad SMARTS) is 1. The highest BCUT2D eigenvalue weighted by molar-refractivity contribution is 5.81. The topological polar surface area (TPSA) is 76.1 Å². The predicted octanol–water partition coefficient (Wildman–Crippen LogP) is 3.36. The van der Waals surface area contributed by atoms with E-state index in [-0.39, 0.29) is 19.1 Å². The number of amides is 1. The molecule has 2 aromatic rings. The van der Waals surface area contributed by atoms with Crippen LogP contribution in [0.5, 0.6) is 0 Å². The maximum atomic E-state index is 12.4. The van der Waals surface area contributed by atoms with Crippen LogP contribution in [0.1, 0.15) is 24.0 Å². The van der Waals surface area contributed by atoms with Crippen molar-refractivity contribution in [1.29, 1.82) is 0 Å². The highest BCUT2D eigenvalue weighted by Crippen LogP contribution is 2.44. The summed E-state index contributed by atoms with van der Waals surface area (Å²) in [5.41, 5.74) is 4.50. The summed E-state index contributed by atoms with van der Waals surface area (Å²) >= 11 is 0. The maximum Gasteiger partial charge on any atom is 0.410 e. The van der Waals surface area contributed by atoms with Crippen molar-refractivity contribution >= 4 is 12.1 Å². The molecule has 0 heterocycles. The van der Waals surface area contributed by atoms with Crippen molar-refractivity contribution in [3.8, 4) is 11.1 Å². The Bertz CT molecular complexity index is 789. The van der Waals surface area contributed by atoms with Gasteiger partial charge < -0.3 is 14.6 Å². The quantitative estimate of drug-likeness (QED) is 0.810. The van der Waals surface area contributed by atoms with E-state index in [2.05, 4.69) is 12.1 Å². The van der Waals surface area contributed by atoms with Gasteiger partial charge in [-0.1, -0.05) is 48.5 Å². The molecule has 1 aliphatic carbocycles. The zero-order valence-corrected chi connectivity index (χ0v) is 15.4. The minimum atomic E-state index is -1.13. The maximum absolute atomic E-state index is 12.4. The average Bonchev–Trinajstić information content (AvgIpc) is 3.00. The first-order valence-electron chi connectivity index (χ1n) is 8.93. The Morgan fingerprint density at radius 3 is 2.15 bits per heavy atom. The van der Waals surface area contributed by atoms with E-state index < -0.39 is 18.1 Å². The first kappa shape index (κ1) is 18.9. The fourth-order valence-corrected chi connectivity index (χ4v) is 3.40. The van der Waals surface area contributed by atoms with Crippen LogP contribution in [-0.2, 0) is 14.3 Å². The molecule has 0 unspecified atom stereocenters. The van der Waals surface area contributed by atoms with Gasteiger partial charge in [0.05, 0.1) is 6.61 Å². The van der Waals surface area contributed by atoms with Crippen LogP contribution in [0.3, 0.4) is 0 Å². The van der Waals surface area contributed by atoms with Crippen molar-refractivity contribution in [1.82, 2.24) is 4.90 Å². The monoisotopic (exact) mass is 369 g/mol. The second-order valence-electron chi connectivity index (χ2n) is 6.43. The molecular formula is C21H23NO5. The SMILES string of the molecule is CCOC[C@H](C(=O)O)N(C)C(=O)OCC1c2ccccc2-c2ccccc21. The van der Waals surface area contributed by atoms with Gasteiger partial charge in [0.1, 0.15) is 6.61 Å². The molecule has 2 aromatic carbocycles. The molecule has 0 aliphatic heterocycles. The van der Waals surface area contributed by atoms with Gasteiger partial charge in [-0.3, -0.25) is 4.90 Å². The number of carboxylic acids is 1. The number of benzene rings is 2. The van der Waals surface area contributed by atoms with E-state index in [1.165, 1.54) is 7.05 Å². The van der Waals surface area contributed by atoms with Crippen molar-refractivity contribution in [2.45, 2.75) is 18.9 Å². The molecule has 1 atom stereocenters. The summed E-state index contributed by atoms with van der Waals surface area (Å²) in [6.45, 7) is 2.22. The van der Waals surface area contributed by atoms with Crippen LogP contribution < -0.4 is 0 Å². The molecule has 0 fully saturated rings. The lowest BCUT2D eigenvalue weighted by Gasteiger charge is -2.25. The summed E-state index contributed by atoms with van der Waals surface area (Å²) in [6, 6.07) is 15.0. The number of carbonyl (C=O) groups is 2. The number of hydrogen-bond donors (Lipinski definition) is 1. The summed E-state index contributed by atoms with van der Waals surface area (Å²) < 4.78 is 10.6. The van der Waals surface area contributed by atoms with Gasteiger partial charge in [0.25, 0.3) is 0 Å². The van der Waals surface area contributed by atoms with Crippen LogP contribution in [0, 0.1) is 0 Å². The number of likely N-dealkylation sites (N-methyl/N-ethyl adjacent to an activating group) is 1. The van der Waals surface area contributed by atoms with Gasteiger partial charge in [-0.25, -0.2) is 9.59 Å². The molecule has 6 heteroatoms. The molecule has 142 valence electrons. The van der Waals surface area contributed by atoms with Crippen molar-refractivity contribution in [3.63, 3.8) is 0 Å². The first-order valence-corrected chi connectivity index (χ1v) is 8.93. The van der Waals surface area contributed by atoms with E-state index in [0.717, 1.165) is 27.2 Å². The van der Waals surface area contributed by atoms with E-state index in [9.17, 15) is 14.7 Å². The minimum absolute atomic E-state index is 0.0649. The molecule has 0 saturated heterocycles. The molecule has 0 radical (unpaired) electrons. The molecule has 6 nitrogen and oxygen atoms in total. The standard InChI is InChI=1S/C21H23NO5/c1-3-26-13-19(20(23)24)22(2)21(25)27-12-18-16-10-6-4-8-14(16)15-9-5-7-11-17(15)18/h4-11,18-19H,3,12-13H2,1-2H3,(H,23,24)/t19-/m1/s1. The highest BCUT2D eigenvalue weighted by atomic mass is 16.6. The summed E-state index contributed by atoms with van der Waals surface area (Å²) in [7, 11) is 1.41. The Labute approximate surface area is 158 Å². The Balaban J connectivity index is 1.73. The molecule has 1 amide bonds. The molecule has 3 rings (SSSR count). The summed E-state index contributed by atoms with van der Waals surface area (Å²) in [4.78, 5) is 24.9. The second kappa shape index (κ2) is 8.22. The van der Waals surface area contributed by atoms with Gasteiger partial charge in [-0.2, -0.15) is 0 Å². The van der Waals surface area contributed by atoms with Crippen molar-refractivity contribution in [3.05, 3.63) is 59.7 Å². The van der Waals surface area contributed by atoms with Crippen LogP contribution in [-0.4, -0.2) is 55.0 Å². The zero-order valence-electron chi connectivity index (χ0n) is 15.4. The number of aliphatic carboxylic acids is 1. The molecule has 0 spiro atoms. The normalized spacial score (nSPS) is 13.6. The highest BCUT2D eigenvalue weighted by Gasteiger charge is 2.31. The average molecular weight is 369 g/mol. The number of carbonyl (C=O) groups excluding carboxylic acids is 1. The summed E-state index contributed by atoms with van der Waals surface area (Å²) in [5.74, 6) is -1.19. The molecule has 1 N–H and O–H groups in total. The Morgan fingerprint density at radius 2 is 1.63 bits per heavy atom. The molecule has 0 saturated carbocycles. The smallest absolute Gasteiger partial charge is 0.410 e. The third-order valence-corrected chi connectivity index (χ3v) is 4.86. The summed E-state index contributed by atoms with van der Waals surface area (Å²) in [5, 5.41) is 9.33. The molecule has 0 aromatic heterocycles. The first-order chi connectivity index (χ1) is 13.0. The molecular weight excluding hydrogens is 346 g/mol. The largest absolute Gasteiger partial charge is 0.480 e. The lowest BCUT2D eigenvalue weighted by molar-refractivity contribution is -0.144. The van der Waals surface area contributed by atoms with Crippen molar-refractivity contribution in [2.24, 2.45) is 0 Å². The van der Waals surface area contributed by atoms with Crippen LogP contribution in [0.4, 0.5) is 4.79 Å². The van der Waals surface area contributed by atoms with Crippen LogP contribution in [0.25, 0.3) is 11.1 Å². The van der Waals surface area contributed by atoms with E-state index in [4.69, 9.17) is 9.47 Å². The van der Waals surface area contributed by atoms with Gasteiger partial charge in [0.2, 0.25) is 0 Å². The number of ether oxygens (including phenoxy) is 2. The molecule has 0 bridgehead atoms. The Morgan fingerprint density at radius 1 is 1.07 bits per heavy atom. The number of rotatable bonds is 7. The van der Waals surface area contributed by atoms with Crippen LogP contribution in [0.15, 0.2) is 48.5 Å².